The summed E-state index contributed by atoms with van der Waals surface area (Å²) in [5.74, 6) is 0.506. The summed E-state index contributed by atoms with van der Waals surface area (Å²) in [5, 5.41) is 0.570. The molecule has 1 aromatic carbocycles. The zero-order valence-corrected chi connectivity index (χ0v) is 12.0. The summed E-state index contributed by atoms with van der Waals surface area (Å²) in [5.41, 5.74) is 0.884. The van der Waals surface area contributed by atoms with Crippen LogP contribution in [0.2, 0.25) is 5.02 Å². The molecule has 0 atom stereocenters. The predicted molar refractivity (Wildman–Crippen MR) is 76.0 cm³/mol. The highest BCUT2D eigenvalue weighted by atomic mass is 79.9. The third kappa shape index (κ3) is 2.82. The Balaban J connectivity index is 2.41. The Morgan fingerprint density at radius 2 is 2.00 bits per heavy atom. The molecule has 0 spiro atoms. The van der Waals surface area contributed by atoms with Gasteiger partial charge in [0.2, 0.25) is 0 Å². The van der Waals surface area contributed by atoms with Gasteiger partial charge in [0.15, 0.2) is 0 Å². The number of hydrogen-bond donors (Lipinski definition) is 0. The second kappa shape index (κ2) is 5.67. The first kappa shape index (κ1) is 13.3. The van der Waals surface area contributed by atoms with Crippen molar-refractivity contribution < 1.29 is 4.39 Å². The maximum absolute atomic E-state index is 12.9. The minimum atomic E-state index is -0.252. The molecule has 1 aromatic heterocycles. The van der Waals surface area contributed by atoms with Crippen LogP contribution in [0.4, 0.5) is 15.9 Å². The normalized spacial score (nSPS) is 10.4. The van der Waals surface area contributed by atoms with Crippen LogP contribution in [0.5, 0.6) is 0 Å². The summed E-state index contributed by atoms with van der Waals surface area (Å²) in [4.78, 5) is 6.27. The zero-order valence-electron chi connectivity index (χ0n) is 9.70. The maximum Gasteiger partial charge on any atom is 0.147 e. The number of aromatic nitrogens is 1. The molecular formula is C13H11BrClFN2. The molecule has 5 heteroatoms. The van der Waals surface area contributed by atoms with Crippen LogP contribution in [-0.4, -0.2) is 11.5 Å². The quantitative estimate of drug-likeness (QED) is 0.804. The Morgan fingerprint density at radius 1 is 1.33 bits per heavy atom. The Hall–Kier alpha value is -1.13. The van der Waals surface area contributed by atoms with Crippen LogP contribution in [-0.2, 0) is 0 Å². The van der Waals surface area contributed by atoms with Crippen molar-refractivity contribution in [3.8, 4) is 0 Å². The molecule has 0 bridgehead atoms. The number of nitrogens with zero attached hydrogens (tertiary/aromatic N) is 2. The van der Waals surface area contributed by atoms with Crippen molar-refractivity contribution in [3.63, 3.8) is 0 Å². The smallest absolute Gasteiger partial charge is 0.147 e. The average Bonchev–Trinajstić information content (AvgIpc) is 2.35. The van der Waals surface area contributed by atoms with Gasteiger partial charge in [0.05, 0.1) is 9.50 Å². The molecule has 0 saturated carbocycles. The maximum atomic E-state index is 12.9. The van der Waals surface area contributed by atoms with Crippen molar-refractivity contribution in [3.05, 3.63) is 51.8 Å². The molecule has 0 aliphatic rings. The lowest BCUT2D eigenvalue weighted by Gasteiger charge is -2.23. The van der Waals surface area contributed by atoms with Crippen molar-refractivity contribution in [2.45, 2.75) is 6.92 Å². The molecule has 0 fully saturated rings. The van der Waals surface area contributed by atoms with E-state index < -0.39 is 0 Å². The molecule has 0 aliphatic carbocycles. The van der Waals surface area contributed by atoms with Gasteiger partial charge in [-0.1, -0.05) is 11.6 Å². The highest BCUT2D eigenvalue weighted by Crippen LogP contribution is 2.31. The number of rotatable bonds is 3. The van der Waals surface area contributed by atoms with E-state index in [1.165, 1.54) is 12.1 Å². The molecule has 2 rings (SSSR count). The van der Waals surface area contributed by atoms with E-state index in [2.05, 4.69) is 20.9 Å². The van der Waals surface area contributed by atoms with Gasteiger partial charge in [0.1, 0.15) is 11.6 Å². The Labute approximate surface area is 119 Å². The van der Waals surface area contributed by atoms with Crippen molar-refractivity contribution in [2.24, 2.45) is 0 Å². The fraction of sp³-hybridized carbons (Fsp3) is 0.154. The lowest BCUT2D eigenvalue weighted by atomic mass is 10.2. The van der Waals surface area contributed by atoms with Gasteiger partial charge >= 0.3 is 0 Å². The van der Waals surface area contributed by atoms with Crippen LogP contribution in [0.1, 0.15) is 6.92 Å². The fourth-order valence-corrected chi connectivity index (χ4v) is 2.53. The molecule has 0 unspecified atom stereocenters. The lowest BCUT2D eigenvalue weighted by molar-refractivity contribution is 0.628. The Morgan fingerprint density at radius 3 is 2.56 bits per heavy atom. The van der Waals surface area contributed by atoms with Crippen LogP contribution < -0.4 is 4.90 Å². The SMILES string of the molecule is CCN(c1ccc(F)cc1)c1ncc(Cl)cc1Br. The number of hydrogen-bond acceptors (Lipinski definition) is 2. The van der Waals surface area contributed by atoms with Gasteiger partial charge in [-0.25, -0.2) is 9.37 Å². The van der Waals surface area contributed by atoms with Crippen LogP contribution in [0.25, 0.3) is 0 Å². The Kier molecular flexibility index (Phi) is 4.19. The number of anilines is 2. The number of halogens is 3. The van der Waals surface area contributed by atoms with Crippen LogP contribution in [0, 0.1) is 5.82 Å². The molecular weight excluding hydrogens is 319 g/mol. The number of benzene rings is 1. The average molecular weight is 330 g/mol. The van der Waals surface area contributed by atoms with E-state index >= 15 is 0 Å². The topological polar surface area (TPSA) is 16.1 Å². The molecule has 1 heterocycles. The van der Waals surface area contributed by atoms with E-state index in [1.54, 1.807) is 24.4 Å². The minimum Gasteiger partial charge on any atom is -0.326 e. The van der Waals surface area contributed by atoms with Gasteiger partial charge in [-0.3, -0.25) is 0 Å². The highest BCUT2D eigenvalue weighted by molar-refractivity contribution is 9.10. The number of pyridine rings is 1. The van der Waals surface area contributed by atoms with Crippen LogP contribution >= 0.6 is 27.5 Å². The minimum absolute atomic E-state index is 0.252. The molecule has 0 radical (unpaired) electrons. The fourth-order valence-electron chi connectivity index (χ4n) is 1.68. The summed E-state index contributed by atoms with van der Waals surface area (Å²) in [6.07, 6.45) is 1.59. The van der Waals surface area contributed by atoms with E-state index in [0.29, 0.717) is 5.02 Å². The van der Waals surface area contributed by atoms with E-state index in [-0.39, 0.29) is 5.82 Å². The largest absolute Gasteiger partial charge is 0.326 e. The third-order valence-corrected chi connectivity index (χ3v) is 3.29. The first-order chi connectivity index (χ1) is 8.61. The van der Waals surface area contributed by atoms with Crippen LogP contribution in [0.3, 0.4) is 0 Å². The van der Waals surface area contributed by atoms with Crippen molar-refractivity contribution in [1.82, 2.24) is 4.98 Å². The van der Waals surface area contributed by atoms with E-state index in [1.807, 2.05) is 11.8 Å². The van der Waals surface area contributed by atoms with Gasteiger partial charge in [0, 0.05) is 18.4 Å². The molecule has 18 heavy (non-hydrogen) atoms. The van der Waals surface area contributed by atoms with Crippen molar-refractivity contribution in [1.29, 1.82) is 0 Å². The van der Waals surface area contributed by atoms with Crippen molar-refractivity contribution in [2.75, 3.05) is 11.4 Å². The van der Waals surface area contributed by atoms with Gasteiger partial charge in [-0.2, -0.15) is 0 Å². The van der Waals surface area contributed by atoms with Gasteiger partial charge < -0.3 is 4.90 Å². The first-order valence-electron chi connectivity index (χ1n) is 5.46. The summed E-state index contributed by atoms with van der Waals surface area (Å²) in [7, 11) is 0. The molecule has 0 saturated heterocycles. The van der Waals surface area contributed by atoms with E-state index in [9.17, 15) is 4.39 Å². The molecule has 0 amide bonds. The summed E-state index contributed by atoms with van der Waals surface area (Å²) >= 11 is 9.31. The van der Waals surface area contributed by atoms with Gasteiger partial charge in [-0.15, -0.1) is 0 Å². The lowest BCUT2D eigenvalue weighted by Crippen LogP contribution is -2.17. The second-order valence-corrected chi connectivity index (χ2v) is 4.97. The van der Waals surface area contributed by atoms with Gasteiger partial charge in [-0.05, 0) is 53.2 Å². The molecule has 0 aliphatic heterocycles. The van der Waals surface area contributed by atoms with E-state index in [4.69, 9.17) is 11.6 Å². The first-order valence-corrected chi connectivity index (χ1v) is 6.63. The summed E-state index contributed by atoms with van der Waals surface area (Å²) in [6.45, 7) is 2.73. The molecule has 94 valence electrons. The van der Waals surface area contributed by atoms with Crippen LogP contribution in [0.15, 0.2) is 41.0 Å². The summed E-state index contributed by atoms with van der Waals surface area (Å²) in [6, 6.07) is 8.10. The molecule has 2 aromatic rings. The van der Waals surface area contributed by atoms with Crippen molar-refractivity contribution >= 4 is 39.0 Å². The standard InChI is InChI=1S/C13H11BrClFN2/c1-2-18(11-5-3-10(16)4-6-11)13-12(14)7-9(15)8-17-13/h3-8H,2H2,1H3. The monoisotopic (exact) mass is 328 g/mol. The predicted octanol–water partition coefficient (Wildman–Crippen LogP) is 4.79. The molecule has 2 nitrogen and oxygen atoms in total. The van der Waals surface area contributed by atoms with Gasteiger partial charge in [0.25, 0.3) is 0 Å². The van der Waals surface area contributed by atoms with E-state index in [0.717, 1.165) is 22.5 Å². The zero-order chi connectivity index (χ0) is 13.1. The summed E-state index contributed by atoms with van der Waals surface area (Å²) < 4.78 is 13.7. The highest BCUT2D eigenvalue weighted by Gasteiger charge is 2.12. The Bertz CT molecular complexity index is 545. The molecule has 0 N–H and O–H groups in total. The third-order valence-electron chi connectivity index (χ3n) is 2.50. The second-order valence-electron chi connectivity index (χ2n) is 3.68.